The Balaban J connectivity index is 1.78. The van der Waals surface area contributed by atoms with Crippen LogP contribution in [0.4, 0.5) is 13.2 Å². The Bertz CT molecular complexity index is 1240. The first-order chi connectivity index (χ1) is 15.1. The van der Waals surface area contributed by atoms with Crippen molar-refractivity contribution in [2.45, 2.75) is 39.4 Å². The van der Waals surface area contributed by atoms with Gasteiger partial charge in [-0.15, -0.1) is 0 Å². The average Bonchev–Trinajstić information content (AvgIpc) is 3.17. The van der Waals surface area contributed by atoms with Crippen molar-refractivity contribution < 1.29 is 13.2 Å². The van der Waals surface area contributed by atoms with Gasteiger partial charge in [0.25, 0.3) is 0 Å². The van der Waals surface area contributed by atoms with Crippen LogP contribution in [0.3, 0.4) is 0 Å². The van der Waals surface area contributed by atoms with E-state index in [1.807, 2.05) is 48.1 Å². The van der Waals surface area contributed by atoms with E-state index in [-0.39, 0.29) is 11.1 Å². The summed E-state index contributed by atoms with van der Waals surface area (Å²) in [6.07, 6.45) is -1.49. The number of hydrogen-bond acceptors (Lipinski definition) is 1. The topological polar surface area (TPSA) is 17.8 Å². The molecule has 0 spiro atoms. The zero-order valence-electron chi connectivity index (χ0n) is 18.1. The van der Waals surface area contributed by atoms with E-state index in [9.17, 15) is 13.2 Å². The molecule has 0 aliphatic heterocycles. The van der Waals surface area contributed by atoms with Gasteiger partial charge in [-0.1, -0.05) is 67.9 Å². The predicted molar refractivity (Wildman–Crippen MR) is 124 cm³/mol. The van der Waals surface area contributed by atoms with Crippen LogP contribution in [-0.4, -0.2) is 9.78 Å². The number of hydrogen-bond donors (Lipinski definition) is 0. The van der Waals surface area contributed by atoms with E-state index >= 15 is 0 Å². The summed E-state index contributed by atoms with van der Waals surface area (Å²) in [6, 6.07) is 18.1. The largest absolute Gasteiger partial charge is 0.417 e. The fraction of sp³-hybridized carbons (Fsp3) is 0.269. The number of rotatable bonds is 5. The van der Waals surface area contributed by atoms with Crippen LogP contribution in [-0.2, 0) is 6.18 Å². The second kappa shape index (κ2) is 8.62. The second-order valence-corrected chi connectivity index (χ2v) is 8.94. The van der Waals surface area contributed by atoms with Gasteiger partial charge in [0.05, 0.1) is 22.1 Å². The van der Waals surface area contributed by atoms with Crippen molar-refractivity contribution in [2.24, 2.45) is 5.92 Å². The fourth-order valence-electron chi connectivity index (χ4n) is 4.15. The maximum Gasteiger partial charge on any atom is 0.417 e. The summed E-state index contributed by atoms with van der Waals surface area (Å²) in [6.45, 7) is 6.35. The van der Waals surface area contributed by atoms with Crippen molar-refractivity contribution in [3.8, 4) is 11.1 Å². The number of halogens is 4. The average molecular weight is 457 g/mol. The minimum absolute atomic E-state index is 0.104. The smallest absolute Gasteiger partial charge is 0.264 e. The molecule has 0 fully saturated rings. The lowest BCUT2D eigenvalue weighted by atomic mass is 9.96. The van der Waals surface area contributed by atoms with Crippen molar-refractivity contribution in [3.63, 3.8) is 0 Å². The Morgan fingerprint density at radius 2 is 1.72 bits per heavy atom. The van der Waals surface area contributed by atoms with Gasteiger partial charge in [0.1, 0.15) is 0 Å². The van der Waals surface area contributed by atoms with E-state index in [0.29, 0.717) is 11.5 Å². The molecule has 4 rings (SSSR count). The van der Waals surface area contributed by atoms with Crippen molar-refractivity contribution in [2.75, 3.05) is 0 Å². The highest BCUT2D eigenvalue weighted by molar-refractivity contribution is 6.31. The van der Waals surface area contributed by atoms with Gasteiger partial charge in [0.15, 0.2) is 0 Å². The number of fused-ring (bicyclic) bond motifs is 1. The highest BCUT2D eigenvalue weighted by atomic mass is 35.5. The van der Waals surface area contributed by atoms with E-state index in [1.165, 1.54) is 17.7 Å². The predicted octanol–water partition coefficient (Wildman–Crippen LogP) is 8.32. The first-order valence-electron chi connectivity index (χ1n) is 10.6. The van der Waals surface area contributed by atoms with Gasteiger partial charge in [-0.3, -0.25) is 4.68 Å². The molecule has 0 saturated heterocycles. The molecule has 3 aromatic carbocycles. The summed E-state index contributed by atoms with van der Waals surface area (Å²) in [5.74, 6) is 0.485. The maximum absolute atomic E-state index is 13.1. The molecule has 1 aromatic heterocycles. The molecule has 4 aromatic rings. The molecule has 166 valence electrons. The van der Waals surface area contributed by atoms with E-state index in [2.05, 4.69) is 26.0 Å². The Hall–Kier alpha value is -2.79. The van der Waals surface area contributed by atoms with E-state index in [4.69, 9.17) is 16.7 Å². The summed E-state index contributed by atoms with van der Waals surface area (Å²) in [4.78, 5) is 0. The first-order valence-corrected chi connectivity index (χ1v) is 10.9. The number of aryl methyl sites for hydroxylation is 1. The number of alkyl halides is 3. The van der Waals surface area contributed by atoms with Gasteiger partial charge >= 0.3 is 6.18 Å². The Morgan fingerprint density at radius 1 is 1.00 bits per heavy atom. The lowest BCUT2D eigenvalue weighted by Crippen LogP contribution is -2.13. The summed E-state index contributed by atoms with van der Waals surface area (Å²) < 4.78 is 41.3. The van der Waals surface area contributed by atoms with Crippen molar-refractivity contribution >= 4 is 22.5 Å². The van der Waals surface area contributed by atoms with Crippen molar-refractivity contribution in [1.82, 2.24) is 9.78 Å². The van der Waals surface area contributed by atoms with Gasteiger partial charge in [0.2, 0.25) is 0 Å². The molecule has 0 aliphatic rings. The minimum Gasteiger partial charge on any atom is -0.264 e. The summed E-state index contributed by atoms with van der Waals surface area (Å²) in [5, 5.41) is 5.52. The molecule has 0 saturated carbocycles. The lowest BCUT2D eigenvalue weighted by molar-refractivity contribution is -0.137. The summed E-state index contributed by atoms with van der Waals surface area (Å²) in [7, 11) is 0. The van der Waals surface area contributed by atoms with Gasteiger partial charge in [0, 0.05) is 11.6 Å². The SMILES string of the molecule is Cc1c(-c2ccc(C(F)(F)F)c(Cl)c2)ccc2nn(C(CC(C)C)c3ccccc3)cc12. The lowest BCUT2D eigenvalue weighted by Gasteiger charge is -2.20. The van der Waals surface area contributed by atoms with Gasteiger partial charge in [-0.25, -0.2) is 0 Å². The number of nitrogens with zero attached hydrogens (tertiary/aromatic N) is 2. The second-order valence-electron chi connectivity index (χ2n) is 8.53. The van der Waals surface area contributed by atoms with Crippen LogP contribution in [0.15, 0.2) is 66.9 Å². The Labute approximate surface area is 190 Å². The third kappa shape index (κ3) is 4.40. The molecule has 1 unspecified atom stereocenters. The zero-order chi connectivity index (χ0) is 23.0. The maximum atomic E-state index is 13.1. The van der Waals surface area contributed by atoms with Crippen LogP contribution in [0.5, 0.6) is 0 Å². The molecule has 0 N–H and O–H groups in total. The Morgan fingerprint density at radius 3 is 2.34 bits per heavy atom. The molecular weight excluding hydrogens is 433 g/mol. The van der Waals surface area contributed by atoms with Crippen LogP contribution in [0.25, 0.3) is 22.0 Å². The highest BCUT2D eigenvalue weighted by Gasteiger charge is 2.33. The third-order valence-electron chi connectivity index (χ3n) is 5.76. The molecule has 32 heavy (non-hydrogen) atoms. The van der Waals surface area contributed by atoms with Crippen LogP contribution in [0.1, 0.15) is 43.0 Å². The standard InChI is InChI=1S/C26H24ClF3N2/c1-16(2)13-25(18-7-5-4-6-8-18)32-15-21-17(3)20(10-12-24(21)31-32)19-9-11-22(23(27)14-19)26(28,29)30/h4-12,14-16,25H,13H2,1-3H3. The number of benzene rings is 3. The van der Waals surface area contributed by atoms with E-state index in [1.54, 1.807) is 0 Å². The molecule has 0 bridgehead atoms. The highest BCUT2D eigenvalue weighted by Crippen LogP contribution is 2.38. The summed E-state index contributed by atoms with van der Waals surface area (Å²) in [5.41, 5.74) is 3.68. The third-order valence-corrected chi connectivity index (χ3v) is 6.07. The van der Waals surface area contributed by atoms with Gasteiger partial charge in [-0.2, -0.15) is 18.3 Å². The van der Waals surface area contributed by atoms with E-state index in [0.717, 1.165) is 34.5 Å². The first kappa shape index (κ1) is 22.4. The normalized spacial score (nSPS) is 13.1. The summed E-state index contributed by atoms with van der Waals surface area (Å²) >= 11 is 5.96. The molecule has 2 nitrogen and oxygen atoms in total. The van der Waals surface area contributed by atoms with Crippen LogP contribution < -0.4 is 0 Å². The molecule has 6 heteroatoms. The molecular formula is C26H24ClF3N2. The quantitative estimate of drug-likeness (QED) is 0.295. The number of aromatic nitrogens is 2. The monoisotopic (exact) mass is 456 g/mol. The van der Waals surface area contributed by atoms with Crippen LogP contribution >= 0.6 is 11.6 Å². The molecule has 0 radical (unpaired) electrons. The van der Waals surface area contributed by atoms with Crippen LogP contribution in [0.2, 0.25) is 5.02 Å². The minimum atomic E-state index is -4.47. The van der Waals surface area contributed by atoms with Crippen molar-refractivity contribution in [3.05, 3.63) is 88.6 Å². The van der Waals surface area contributed by atoms with Gasteiger partial charge in [-0.05, 0) is 59.7 Å². The molecule has 0 amide bonds. The fourth-order valence-corrected chi connectivity index (χ4v) is 4.44. The zero-order valence-corrected chi connectivity index (χ0v) is 18.9. The molecule has 1 atom stereocenters. The van der Waals surface area contributed by atoms with E-state index < -0.39 is 11.7 Å². The molecule has 0 aliphatic carbocycles. The van der Waals surface area contributed by atoms with Gasteiger partial charge < -0.3 is 0 Å². The Kier molecular flexibility index (Phi) is 6.04. The molecule has 1 heterocycles. The van der Waals surface area contributed by atoms with Crippen LogP contribution in [0, 0.1) is 12.8 Å². The van der Waals surface area contributed by atoms with Crippen molar-refractivity contribution in [1.29, 1.82) is 0 Å².